The van der Waals surface area contributed by atoms with Gasteiger partial charge in [0.2, 0.25) is 0 Å². The van der Waals surface area contributed by atoms with E-state index < -0.39 is 0 Å². The molecule has 0 saturated heterocycles. The van der Waals surface area contributed by atoms with Crippen LogP contribution in [-0.2, 0) is 9.53 Å². The fourth-order valence-corrected chi connectivity index (χ4v) is 8.35. The number of unbranched alkanes of at least 4 members (excludes halogenated alkanes) is 42. The van der Waals surface area contributed by atoms with Gasteiger partial charge in [-0.15, -0.1) is 0 Å². The van der Waals surface area contributed by atoms with E-state index in [-0.39, 0.29) is 5.97 Å². The second kappa shape index (κ2) is 53.0. The van der Waals surface area contributed by atoms with Crippen molar-refractivity contribution >= 4 is 5.97 Å². The monoisotopic (exact) mass is 799 g/mol. The Kier molecular flexibility index (Phi) is 52.0. The van der Waals surface area contributed by atoms with E-state index in [0.717, 1.165) is 19.3 Å². The number of allylic oxidation sites excluding steroid dienone is 4. The molecule has 0 amide bonds. The van der Waals surface area contributed by atoms with Gasteiger partial charge in [0.1, 0.15) is 0 Å². The minimum atomic E-state index is 0.0217. The van der Waals surface area contributed by atoms with Gasteiger partial charge < -0.3 is 4.74 Å². The van der Waals surface area contributed by atoms with Crippen LogP contribution < -0.4 is 0 Å². The second-order valence-corrected chi connectivity index (χ2v) is 18.2. The third-order valence-electron chi connectivity index (χ3n) is 12.3. The minimum Gasteiger partial charge on any atom is -0.466 e. The zero-order valence-corrected chi connectivity index (χ0v) is 39.6. The topological polar surface area (TPSA) is 26.3 Å². The van der Waals surface area contributed by atoms with Gasteiger partial charge in [-0.25, -0.2) is 0 Å². The quantitative estimate of drug-likeness (QED) is 0.0348. The second-order valence-electron chi connectivity index (χ2n) is 18.2. The summed E-state index contributed by atoms with van der Waals surface area (Å²) in [6, 6.07) is 0. The molecule has 0 N–H and O–H groups in total. The van der Waals surface area contributed by atoms with Crippen LogP contribution in [0.25, 0.3) is 0 Å². The lowest BCUT2D eigenvalue weighted by Gasteiger charge is -2.06. The van der Waals surface area contributed by atoms with E-state index in [2.05, 4.69) is 38.2 Å². The van der Waals surface area contributed by atoms with Gasteiger partial charge in [0.05, 0.1) is 6.61 Å². The van der Waals surface area contributed by atoms with Crippen molar-refractivity contribution in [3.63, 3.8) is 0 Å². The van der Waals surface area contributed by atoms with Crippen LogP contribution >= 0.6 is 0 Å². The molecule has 0 atom stereocenters. The van der Waals surface area contributed by atoms with Crippen LogP contribution in [0.1, 0.15) is 316 Å². The van der Waals surface area contributed by atoms with E-state index >= 15 is 0 Å². The molecule has 0 aliphatic rings. The third kappa shape index (κ3) is 52.9. The van der Waals surface area contributed by atoms with Crippen LogP contribution in [0.4, 0.5) is 0 Å². The number of rotatable bonds is 50. The predicted molar refractivity (Wildman–Crippen MR) is 258 cm³/mol. The predicted octanol–water partition coefficient (Wildman–Crippen LogP) is 20.0. The number of ether oxygens (including phenoxy) is 1. The van der Waals surface area contributed by atoms with Crippen molar-refractivity contribution in [2.45, 2.75) is 316 Å². The smallest absolute Gasteiger partial charge is 0.305 e. The molecule has 0 rings (SSSR count). The normalized spacial score (nSPS) is 11.8. The average Bonchev–Trinajstić information content (AvgIpc) is 3.22. The molecule has 0 saturated carbocycles. The number of carbonyl (C=O) groups is 1. The van der Waals surface area contributed by atoms with E-state index in [0.29, 0.717) is 13.0 Å². The number of hydrogen-bond acceptors (Lipinski definition) is 2. The number of esters is 1. The van der Waals surface area contributed by atoms with Crippen LogP contribution in [0.15, 0.2) is 24.3 Å². The largest absolute Gasteiger partial charge is 0.466 e. The first-order valence-electron chi connectivity index (χ1n) is 26.8. The fraction of sp³-hybridized carbons (Fsp3) is 0.909. The molecule has 2 heteroatoms. The Hall–Kier alpha value is -1.05. The lowest BCUT2D eigenvalue weighted by molar-refractivity contribution is -0.143. The Morgan fingerprint density at radius 3 is 0.877 bits per heavy atom. The molecule has 2 nitrogen and oxygen atoms in total. The third-order valence-corrected chi connectivity index (χ3v) is 12.3. The molecular weight excluding hydrogens is 693 g/mol. The summed E-state index contributed by atoms with van der Waals surface area (Å²) < 4.78 is 5.48. The minimum absolute atomic E-state index is 0.0217. The molecule has 338 valence electrons. The Balaban J connectivity index is 3.16. The molecule has 0 fully saturated rings. The lowest BCUT2D eigenvalue weighted by Crippen LogP contribution is -2.05. The molecule has 57 heavy (non-hydrogen) atoms. The molecule has 0 heterocycles. The van der Waals surface area contributed by atoms with Gasteiger partial charge in [-0.2, -0.15) is 0 Å². The van der Waals surface area contributed by atoms with Crippen molar-refractivity contribution in [1.29, 1.82) is 0 Å². The highest BCUT2D eigenvalue weighted by atomic mass is 16.5. The lowest BCUT2D eigenvalue weighted by atomic mass is 10.0. The summed E-state index contributed by atoms with van der Waals surface area (Å²) in [5.74, 6) is 0.0217. The van der Waals surface area contributed by atoms with Crippen LogP contribution in [0.2, 0.25) is 0 Å². The summed E-state index contributed by atoms with van der Waals surface area (Å²) in [4.78, 5) is 12.0. The summed E-state index contributed by atoms with van der Waals surface area (Å²) in [7, 11) is 0. The molecule has 0 aliphatic heterocycles. The zero-order valence-electron chi connectivity index (χ0n) is 39.6. The zero-order chi connectivity index (χ0) is 41.1. The van der Waals surface area contributed by atoms with E-state index in [9.17, 15) is 4.79 Å². The Labute approximate surface area is 360 Å². The van der Waals surface area contributed by atoms with Gasteiger partial charge >= 0.3 is 5.97 Å². The average molecular weight is 799 g/mol. The highest BCUT2D eigenvalue weighted by Crippen LogP contribution is 2.18. The Morgan fingerprint density at radius 1 is 0.298 bits per heavy atom. The van der Waals surface area contributed by atoms with E-state index in [1.165, 1.54) is 276 Å². The highest BCUT2D eigenvalue weighted by molar-refractivity contribution is 5.69. The Morgan fingerprint density at radius 2 is 0.544 bits per heavy atom. The van der Waals surface area contributed by atoms with Crippen LogP contribution in [0, 0.1) is 0 Å². The molecule has 0 radical (unpaired) electrons. The summed E-state index contributed by atoms with van der Waals surface area (Å²) >= 11 is 0. The molecule has 0 spiro atoms. The van der Waals surface area contributed by atoms with Gasteiger partial charge in [-0.1, -0.05) is 289 Å². The Bertz CT molecular complexity index is 783. The SMILES string of the molecule is CCCCC/C=C\C/C=C\CCCCCCCCOC(=O)CCCCCCCCCCCCCCCCCCCCCCCCCCCCCCCCCCCC. The fourth-order valence-electron chi connectivity index (χ4n) is 8.35. The first-order valence-corrected chi connectivity index (χ1v) is 26.8. The number of carbonyl (C=O) groups excluding carboxylic acids is 1. The molecule has 0 aromatic carbocycles. The standard InChI is InChI=1S/C55H106O2/c1-3-5-7-9-11-13-15-17-19-21-22-23-24-25-26-27-28-29-30-31-32-33-34-35-36-37-38-39-41-43-45-47-49-51-53-55(56)57-54-52-50-48-46-44-42-40-20-18-16-14-12-10-8-6-4-2/h12,14,18,20H,3-11,13,15-17,19,21-54H2,1-2H3/b14-12-,20-18-. The van der Waals surface area contributed by atoms with Crippen molar-refractivity contribution in [3.8, 4) is 0 Å². The molecule has 0 unspecified atom stereocenters. The van der Waals surface area contributed by atoms with Gasteiger partial charge in [0.25, 0.3) is 0 Å². The maximum absolute atomic E-state index is 12.0. The number of hydrogen-bond donors (Lipinski definition) is 0. The van der Waals surface area contributed by atoms with Crippen LogP contribution in [0.3, 0.4) is 0 Å². The van der Waals surface area contributed by atoms with Gasteiger partial charge in [0.15, 0.2) is 0 Å². The van der Waals surface area contributed by atoms with E-state index in [4.69, 9.17) is 4.74 Å². The maximum Gasteiger partial charge on any atom is 0.305 e. The van der Waals surface area contributed by atoms with Crippen LogP contribution in [-0.4, -0.2) is 12.6 Å². The molecule has 0 aromatic heterocycles. The summed E-state index contributed by atoms with van der Waals surface area (Å²) in [5, 5.41) is 0. The molecule has 0 bridgehead atoms. The van der Waals surface area contributed by atoms with E-state index in [1.807, 2.05) is 0 Å². The maximum atomic E-state index is 12.0. The molecule has 0 aromatic rings. The summed E-state index contributed by atoms with van der Waals surface area (Å²) in [5.41, 5.74) is 0. The van der Waals surface area contributed by atoms with Crippen molar-refractivity contribution in [1.82, 2.24) is 0 Å². The van der Waals surface area contributed by atoms with Crippen molar-refractivity contribution in [3.05, 3.63) is 24.3 Å². The van der Waals surface area contributed by atoms with Gasteiger partial charge in [-0.05, 0) is 44.9 Å². The van der Waals surface area contributed by atoms with Crippen molar-refractivity contribution in [2.75, 3.05) is 6.61 Å². The van der Waals surface area contributed by atoms with Crippen molar-refractivity contribution < 1.29 is 9.53 Å². The van der Waals surface area contributed by atoms with Gasteiger partial charge in [-0.3, -0.25) is 4.79 Å². The molecule has 0 aliphatic carbocycles. The first kappa shape index (κ1) is 55.9. The van der Waals surface area contributed by atoms with Gasteiger partial charge in [0, 0.05) is 6.42 Å². The van der Waals surface area contributed by atoms with E-state index in [1.54, 1.807) is 0 Å². The first-order chi connectivity index (χ1) is 28.3. The highest BCUT2D eigenvalue weighted by Gasteiger charge is 2.03. The summed E-state index contributed by atoms with van der Waals surface area (Å²) in [6.07, 6.45) is 73.4. The van der Waals surface area contributed by atoms with Crippen molar-refractivity contribution in [2.24, 2.45) is 0 Å². The van der Waals surface area contributed by atoms with Crippen LogP contribution in [0.5, 0.6) is 0 Å². The molecular formula is C55H106O2. The summed E-state index contributed by atoms with van der Waals surface area (Å²) in [6.45, 7) is 5.19.